The largest absolute Gasteiger partial charge is 0.370 e. The molecule has 5 heteroatoms. The maximum atomic E-state index is 4.88. The zero-order chi connectivity index (χ0) is 17.1. The van der Waals surface area contributed by atoms with Crippen molar-refractivity contribution in [2.75, 3.05) is 32.0 Å². The quantitative estimate of drug-likeness (QED) is 0.750. The fraction of sp³-hybridized carbons (Fsp3) is 0.400. The SMILES string of the molecule is CN1CCC(c2c[nH]c3ccc(NCCc4ccccn4)nc23)CC1. The number of fused-ring (bicyclic) bond motifs is 1. The minimum Gasteiger partial charge on any atom is -0.370 e. The molecular formula is C20H25N5. The normalized spacial score (nSPS) is 16.4. The molecule has 1 saturated heterocycles. The third-order valence-corrected chi connectivity index (χ3v) is 5.12. The summed E-state index contributed by atoms with van der Waals surface area (Å²) in [6.07, 6.45) is 7.32. The van der Waals surface area contributed by atoms with E-state index in [1.165, 1.54) is 31.5 Å². The van der Waals surface area contributed by atoms with Crippen LogP contribution in [0.1, 0.15) is 30.0 Å². The lowest BCUT2D eigenvalue weighted by atomic mass is 9.91. The Labute approximate surface area is 148 Å². The molecule has 1 aliphatic heterocycles. The summed E-state index contributed by atoms with van der Waals surface area (Å²) in [4.78, 5) is 15.0. The highest BCUT2D eigenvalue weighted by atomic mass is 15.1. The summed E-state index contributed by atoms with van der Waals surface area (Å²) in [5.74, 6) is 1.55. The number of rotatable bonds is 5. The van der Waals surface area contributed by atoms with E-state index in [9.17, 15) is 0 Å². The number of likely N-dealkylation sites (tertiary alicyclic amines) is 1. The summed E-state index contributed by atoms with van der Waals surface area (Å²) in [5.41, 5.74) is 4.72. The first-order valence-corrected chi connectivity index (χ1v) is 9.10. The van der Waals surface area contributed by atoms with Crippen molar-refractivity contribution >= 4 is 16.9 Å². The Morgan fingerprint density at radius 3 is 2.88 bits per heavy atom. The van der Waals surface area contributed by atoms with Crippen LogP contribution in [0.25, 0.3) is 11.0 Å². The summed E-state index contributed by atoms with van der Waals surface area (Å²) >= 11 is 0. The monoisotopic (exact) mass is 335 g/mol. The van der Waals surface area contributed by atoms with Crippen molar-refractivity contribution in [2.24, 2.45) is 0 Å². The van der Waals surface area contributed by atoms with E-state index < -0.39 is 0 Å². The maximum absolute atomic E-state index is 4.88. The number of piperidine rings is 1. The Balaban J connectivity index is 1.46. The Hall–Kier alpha value is -2.40. The van der Waals surface area contributed by atoms with Crippen molar-refractivity contribution in [2.45, 2.75) is 25.2 Å². The van der Waals surface area contributed by atoms with Crippen molar-refractivity contribution in [3.63, 3.8) is 0 Å². The summed E-state index contributed by atoms with van der Waals surface area (Å²) in [5, 5.41) is 3.44. The molecular weight excluding hydrogens is 310 g/mol. The van der Waals surface area contributed by atoms with Crippen molar-refractivity contribution in [3.8, 4) is 0 Å². The molecule has 0 aromatic carbocycles. The second kappa shape index (κ2) is 7.23. The number of hydrogen-bond acceptors (Lipinski definition) is 4. The highest BCUT2D eigenvalue weighted by Gasteiger charge is 2.21. The zero-order valence-corrected chi connectivity index (χ0v) is 14.7. The fourth-order valence-corrected chi connectivity index (χ4v) is 3.61. The predicted octanol–water partition coefficient (Wildman–Crippen LogP) is 3.42. The fourth-order valence-electron chi connectivity index (χ4n) is 3.61. The number of anilines is 1. The molecule has 0 spiro atoms. The van der Waals surface area contributed by atoms with Crippen molar-refractivity contribution < 1.29 is 0 Å². The highest BCUT2D eigenvalue weighted by molar-refractivity contribution is 5.81. The van der Waals surface area contributed by atoms with Gasteiger partial charge in [-0.05, 0) is 68.7 Å². The van der Waals surface area contributed by atoms with Crippen LogP contribution >= 0.6 is 0 Å². The van der Waals surface area contributed by atoms with Crippen molar-refractivity contribution in [3.05, 3.63) is 54.0 Å². The summed E-state index contributed by atoms with van der Waals surface area (Å²) in [6, 6.07) is 10.2. The number of hydrogen-bond donors (Lipinski definition) is 2. The van der Waals surface area contributed by atoms with E-state index in [2.05, 4.69) is 51.6 Å². The Kier molecular flexibility index (Phi) is 4.65. The second-order valence-corrected chi connectivity index (χ2v) is 6.91. The molecule has 2 N–H and O–H groups in total. The van der Waals surface area contributed by atoms with Gasteiger partial charge in [-0.1, -0.05) is 6.07 Å². The Bertz CT molecular complexity index is 818. The van der Waals surface area contributed by atoms with Gasteiger partial charge < -0.3 is 15.2 Å². The number of nitrogens with one attached hydrogen (secondary N) is 2. The van der Waals surface area contributed by atoms with Crippen LogP contribution in [0.15, 0.2) is 42.7 Å². The molecule has 0 unspecified atom stereocenters. The molecule has 4 rings (SSSR count). The van der Waals surface area contributed by atoms with E-state index >= 15 is 0 Å². The molecule has 25 heavy (non-hydrogen) atoms. The predicted molar refractivity (Wildman–Crippen MR) is 102 cm³/mol. The van der Waals surface area contributed by atoms with E-state index in [0.717, 1.165) is 35.5 Å². The van der Waals surface area contributed by atoms with Gasteiger partial charge in [0, 0.05) is 31.1 Å². The summed E-state index contributed by atoms with van der Waals surface area (Å²) < 4.78 is 0. The molecule has 130 valence electrons. The van der Waals surface area contributed by atoms with Gasteiger partial charge in [0.05, 0.1) is 11.0 Å². The van der Waals surface area contributed by atoms with Gasteiger partial charge in [0.1, 0.15) is 5.82 Å². The number of pyridine rings is 2. The Morgan fingerprint density at radius 2 is 2.08 bits per heavy atom. The highest BCUT2D eigenvalue weighted by Crippen LogP contribution is 2.32. The average molecular weight is 335 g/mol. The molecule has 0 saturated carbocycles. The molecule has 3 aromatic heterocycles. The van der Waals surface area contributed by atoms with Crippen LogP contribution in [0.5, 0.6) is 0 Å². The van der Waals surface area contributed by atoms with Crippen LogP contribution in [-0.2, 0) is 6.42 Å². The van der Waals surface area contributed by atoms with Gasteiger partial charge in [-0.25, -0.2) is 4.98 Å². The van der Waals surface area contributed by atoms with E-state index in [0.29, 0.717) is 5.92 Å². The van der Waals surface area contributed by atoms with Crippen molar-refractivity contribution in [1.29, 1.82) is 0 Å². The van der Waals surface area contributed by atoms with E-state index in [4.69, 9.17) is 4.98 Å². The van der Waals surface area contributed by atoms with Crippen LogP contribution in [0.4, 0.5) is 5.82 Å². The molecule has 1 fully saturated rings. The lowest BCUT2D eigenvalue weighted by Gasteiger charge is -2.28. The number of nitrogens with zero attached hydrogens (tertiary/aromatic N) is 3. The number of aromatic nitrogens is 3. The first-order valence-electron chi connectivity index (χ1n) is 9.10. The molecule has 1 aliphatic rings. The molecule has 3 aromatic rings. The van der Waals surface area contributed by atoms with E-state index in [1.807, 2.05) is 18.3 Å². The maximum Gasteiger partial charge on any atom is 0.126 e. The minimum absolute atomic E-state index is 0.612. The molecule has 4 heterocycles. The first-order chi connectivity index (χ1) is 12.3. The average Bonchev–Trinajstić information content (AvgIpc) is 3.07. The third kappa shape index (κ3) is 3.66. The van der Waals surface area contributed by atoms with Crippen LogP contribution in [0.3, 0.4) is 0 Å². The molecule has 0 radical (unpaired) electrons. The Morgan fingerprint density at radius 1 is 1.20 bits per heavy atom. The topological polar surface area (TPSA) is 56.8 Å². The van der Waals surface area contributed by atoms with E-state index in [1.54, 1.807) is 0 Å². The first kappa shape index (κ1) is 16.1. The molecule has 0 bridgehead atoms. The second-order valence-electron chi connectivity index (χ2n) is 6.91. The van der Waals surface area contributed by atoms with Gasteiger partial charge in [-0.15, -0.1) is 0 Å². The third-order valence-electron chi connectivity index (χ3n) is 5.12. The van der Waals surface area contributed by atoms with Crippen LogP contribution in [-0.4, -0.2) is 46.5 Å². The van der Waals surface area contributed by atoms with Gasteiger partial charge in [0.25, 0.3) is 0 Å². The molecule has 0 amide bonds. The standard InChI is InChI=1S/C20H25N5/c1-25-12-8-15(9-13-25)17-14-23-18-5-6-19(24-20(17)18)22-11-7-16-4-2-3-10-21-16/h2-6,10,14-15,23H,7-9,11-13H2,1H3,(H,22,24). The van der Waals surface area contributed by atoms with Crippen molar-refractivity contribution in [1.82, 2.24) is 19.9 Å². The van der Waals surface area contributed by atoms with Gasteiger partial charge in [-0.3, -0.25) is 4.98 Å². The summed E-state index contributed by atoms with van der Waals surface area (Å²) in [7, 11) is 2.20. The lowest BCUT2D eigenvalue weighted by molar-refractivity contribution is 0.256. The van der Waals surface area contributed by atoms with Crippen LogP contribution in [0, 0.1) is 0 Å². The molecule has 0 atom stereocenters. The van der Waals surface area contributed by atoms with E-state index in [-0.39, 0.29) is 0 Å². The summed E-state index contributed by atoms with van der Waals surface area (Å²) in [6.45, 7) is 3.17. The van der Waals surface area contributed by atoms with Gasteiger partial charge >= 0.3 is 0 Å². The van der Waals surface area contributed by atoms with Crippen LogP contribution in [0.2, 0.25) is 0 Å². The molecule has 5 nitrogen and oxygen atoms in total. The number of H-pyrrole nitrogens is 1. The smallest absolute Gasteiger partial charge is 0.126 e. The van der Waals surface area contributed by atoms with Crippen LogP contribution < -0.4 is 5.32 Å². The number of aromatic amines is 1. The van der Waals surface area contributed by atoms with Gasteiger partial charge in [0.15, 0.2) is 0 Å². The lowest BCUT2D eigenvalue weighted by Crippen LogP contribution is -2.29. The molecule has 0 aliphatic carbocycles. The van der Waals surface area contributed by atoms with Gasteiger partial charge in [0.2, 0.25) is 0 Å². The van der Waals surface area contributed by atoms with Gasteiger partial charge in [-0.2, -0.15) is 0 Å². The minimum atomic E-state index is 0.612. The zero-order valence-electron chi connectivity index (χ0n) is 14.7.